The molecule has 0 bridgehead atoms. The summed E-state index contributed by atoms with van der Waals surface area (Å²) in [4.78, 5) is 15.1. The van der Waals surface area contributed by atoms with Crippen LogP contribution in [-0.2, 0) is 21.5 Å². The Bertz CT molecular complexity index is 863. The van der Waals surface area contributed by atoms with Crippen LogP contribution in [0.1, 0.15) is 44.2 Å². The Morgan fingerprint density at radius 2 is 1.74 bits per heavy atom. The summed E-state index contributed by atoms with van der Waals surface area (Å²) in [5.41, 5.74) is 1.82. The maximum Gasteiger partial charge on any atom is 0.306 e. The average Bonchev–Trinajstić information content (AvgIpc) is 2.59. The van der Waals surface area contributed by atoms with E-state index in [1.165, 1.54) is 0 Å². The molecule has 6 heteroatoms. The highest BCUT2D eigenvalue weighted by atomic mass is 32.2. The molecule has 2 rings (SSSR count). The van der Waals surface area contributed by atoms with Crippen molar-refractivity contribution in [2.75, 3.05) is 6.26 Å². The predicted molar refractivity (Wildman–Crippen MR) is 107 cm³/mol. The van der Waals surface area contributed by atoms with E-state index >= 15 is 0 Å². The fraction of sp³-hybridized carbons (Fsp3) is 0.381. The van der Waals surface area contributed by atoms with E-state index in [9.17, 15) is 13.2 Å². The molecule has 0 spiro atoms. The fourth-order valence-corrected chi connectivity index (χ4v) is 3.47. The van der Waals surface area contributed by atoms with Gasteiger partial charge in [-0.3, -0.25) is 4.79 Å². The molecule has 1 unspecified atom stereocenters. The summed E-state index contributed by atoms with van der Waals surface area (Å²) in [6, 6.07) is 16.6. The zero-order valence-corrected chi connectivity index (χ0v) is 17.1. The quantitative estimate of drug-likeness (QED) is 0.641. The van der Waals surface area contributed by atoms with Crippen molar-refractivity contribution >= 4 is 16.0 Å². The summed E-state index contributed by atoms with van der Waals surface area (Å²) >= 11 is 0. The number of carbonyl (C=O) groups is 1. The first-order chi connectivity index (χ1) is 12.7. The van der Waals surface area contributed by atoms with Crippen LogP contribution in [0.15, 0.2) is 54.6 Å². The van der Waals surface area contributed by atoms with Crippen LogP contribution in [0, 0.1) is 0 Å². The molecule has 5 nitrogen and oxygen atoms in total. The lowest BCUT2D eigenvalue weighted by atomic mass is 9.94. The van der Waals surface area contributed by atoms with Gasteiger partial charge in [-0.15, -0.1) is 0 Å². The molecule has 0 saturated carbocycles. The van der Waals surface area contributed by atoms with Gasteiger partial charge in [-0.05, 0) is 43.5 Å². The van der Waals surface area contributed by atoms with Crippen LogP contribution in [-0.4, -0.2) is 31.5 Å². The third-order valence-corrected chi connectivity index (χ3v) is 4.81. The van der Waals surface area contributed by atoms with Gasteiger partial charge in [0.25, 0.3) is 0 Å². The Balaban J connectivity index is 2.25. The minimum Gasteiger partial charge on any atom is -0.383 e. The molecule has 0 fully saturated rings. The maximum atomic E-state index is 13.2. The summed E-state index contributed by atoms with van der Waals surface area (Å²) in [6.45, 7) is 6.36. The van der Waals surface area contributed by atoms with E-state index in [0.717, 1.165) is 17.4 Å². The van der Waals surface area contributed by atoms with Crippen molar-refractivity contribution in [2.24, 2.45) is 0 Å². The maximum absolute atomic E-state index is 13.2. The van der Waals surface area contributed by atoms with Gasteiger partial charge in [-0.1, -0.05) is 49.4 Å². The monoisotopic (exact) mass is 389 g/mol. The molecule has 0 aliphatic rings. The highest BCUT2D eigenvalue weighted by Crippen LogP contribution is 2.25. The summed E-state index contributed by atoms with van der Waals surface area (Å²) < 4.78 is 27.6. The number of carbonyl (C=O) groups excluding carboxylic acids is 1. The van der Waals surface area contributed by atoms with Crippen molar-refractivity contribution in [1.29, 1.82) is 0 Å². The third-order valence-electron chi connectivity index (χ3n) is 4.31. The van der Waals surface area contributed by atoms with E-state index in [1.807, 2.05) is 62.1 Å². The van der Waals surface area contributed by atoms with E-state index in [1.54, 1.807) is 18.2 Å². The molecule has 146 valence electrons. The molecule has 0 heterocycles. The second-order valence-electron chi connectivity index (χ2n) is 6.87. The van der Waals surface area contributed by atoms with Crippen LogP contribution in [0.5, 0.6) is 5.75 Å². The normalized spacial score (nSPS) is 12.6. The lowest BCUT2D eigenvalue weighted by Gasteiger charge is -2.31. The van der Waals surface area contributed by atoms with Crippen LogP contribution in [0.25, 0.3) is 0 Å². The molecule has 1 amide bonds. The van der Waals surface area contributed by atoms with E-state index < -0.39 is 10.1 Å². The first-order valence-corrected chi connectivity index (χ1v) is 10.9. The molecule has 0 aromatic heterocycles. The SMILES string of the molecule is CCC(C(=O)N(Cc1cccc(OS(C)(=O)=O)c1)C(C)C)c1ccccc1. The lowest BCUT2D eigenvalue weighted by molar-refractivity contribution is -0.135. The number of amides is 1. The number of hydrogen-bond acceptors (Lipinski definition) is 4. The van der Waals surface area contributed by atoms with Crippen molar-refractivity contribution < 1.29 is 17.4 Å². The van der Waals surface area contributed by atoms with Gasteiger partial charge < -0.3 is 9.08 Å². The Morgan fingerprint density at radius 3 is 2.30 bits per heavy atom. The smallest absolute Gasteiger partial charge is 0.306 e. The lowest BCUT2D eigenvalue weighted by Crippen LogP contribution is -2.39. The van der Waals surface area contributed by atoms with Crippen molar-refractivity contribution in [2.45, 2.75) is 45.7 Å². The highest BCUT2D eigenvalue weighted by Gasteiger charge is 2.26. The molecule has 0 N–H and O–H groups in total. The van der Waals surface area contributed by atoms with Crippen LogP contribution < -0.4 is 4.18 Å². The summed E-state index contributed by atoms with van der Waals surface area (Å²) in [5, 5.41) is 0. The Hall–Kier alpha value is -2.34. The topological polar surface area (TPSA) is 63.7 Å². The minimum absolute atomic E-state index is 0.00902. The third kappa shape index (κ3) is 6.10. The number of hydrogen-bond donors (Lipinski definition) is 0. The van der Waals surface area contributed by atoms with E-state index in [2.05, 4.69) is 0 Å². The van der Waals surface area contributed by atoms with E-state index in [-0.39, 0.29) is 23.6 Å². The predicted octanol–water partition coefficient (Wildman–Crippen LogP) is 3.96. The molecule has 2 aromatic rings. The zero-order chi connectivity index (χ0) is 20.0. The van der Waals surface area contributed by atoms with E-state index in [4.69, 9.17) is 4.18 Å². The Kier molecular flexibility index (Phi) is 7.02. The van der Waals surface area contributed by atoms with Crippen molar-refractivity contribution in [1.82, 2.24) is 4.90 Å². The first kappa shape index (κ1) is 21.0. The van der Waals surface area contributed by atoms with Gasteiger partial charge in [-0.25, -0.2) is 0 Å². The Labute approximate surface area is 162 Å². The minimum atomic E-state index is -3.59. The fourth-order valence-electron chi connectivity index (χ4n) is 3.02. The standard InChI is InChI=1S/C21H27NO4S/c1-5-20(18-11-7-6-8-12-18)21(23)22(16(2)3)15-17-10-9-13-19(14-17)26-27(4,24)25/h6-14,16,20H,5,15H2,1-4H3. The second-order valence-corrected chi connectivity index (χ2v) is 8.44. The number of nitrogens with zero attached hydrogens (tertiary/aromatic N) is 1. The summed E-state index contributed by atoms with van der Waals surface area (Å²) in [6.07, 6.45) is 1.72. The molecule has 0 aliphatic carbocycles. The summed E-state index contributed by atoms with van der Waals surface area (Å²) in [5.74, 6) is 0.110. The molecule has 27 heavy (non-hydrogen) atoms. The number of rotatable bonds is 8. The highest BCUT2D eigenvalue weighted by molar-refractivity contribution is 7.86. The van der Waals surface area contributed by atoms with Gasteiger partial charge >= 0.3 is 10.1 Å². The second kappa shape index (κ2) is 9.04. The zero-order valence-electron chi connectivity index (χ0n) is 16.3. The molecule has 0 saturated heterocycles. The van der Waals surface area contributed by atoms with Gasteiger partial charge in [0.2, 0.25) is 5.91 Å². The average molecular weight is 390 g/mol. The Morgan fingerprint density at radius 1 is 1.07 bits per heavy atom. The molecular weight excluding hydrogens is 362 g/mol. The van der Waals surface area contributed by atoms with Crippen LogP contribution in [0.2, 0.25) is 0 Å². The van der Waals surface area contributed by atoms with Gasteiger partial charge in [0.05, 0.1) is 12.2 Å². The van der Waals surface area contributed by atoms with Crippen LogP contribution >= 0.6 is 0 Å². The van der Waals surface area contributed by atoms with Crippen LogP contribution in [0.4, 0.5) is 0 Å². The van der Waals surface area contributed by atoms with Gasteiger partial charge in [-0.2, -0.15) is 8.42 Å². The van der Waals surface area contributed by atoms with Crippen molar-refractivity contribution in [3.05, 3.63) is 65.7 Å². The van der Waals surface area contributed by atoms with Gasteiger partial charge in [0, 0.05) is 12.6 Å². The van der Waals surface area contributed by atoms with Crippen molar-refractivity contribution in [3.63, 3.8) is 0 Å². The largest absolute Gasteiger partial charge is 0.383 e. The molecule has 0 radical (unpaired) electrons. The molecule has 2 aromatic carbocycles. The summed E-state index contributed by atoms with van der Waals surface area (Å²) in [7, 11) is -3.59. The molecule has 0 aliphatic heterocycles. The molecular formula is C21H27NO4S. The molecule has 1 atom stereocenters. The van der Waals surface area contributed by atoms with E-state index in [0.29, 0.717) is 13.0 Å². The number of benzene rings is 2. The first-order valence-electron chi connectivity index (χ1n) is 9.05. The van der Waals surface area contributed by atoms with Gasteiger partial charge in [0.15, 0.2) is 0 Å². The van der Waals surface area contributed by atoms with Crippen molar-refractivity contribution in [3.8, 4) is 5.75 Å². The van der Waals surface area contributed by atoms with Gasteiger partial charge in [0.1, 0.15) is 5.75 Å². The van der Waals surface area contributed by atoms with Crippen LogP contribution in [0.3, 0.4) is 0 Å².